The van der Waals surface area contributed by atoms with Crippen LogP contribution in [0.3, 0.4) is 0 Å². The van der Waals surface area contributed by atoms with Crippen molar-refractivity contribution in [2.24, 2.45) is 11.8 Å². The van der Waals surface area contributed by atoms with Crippen LogP contribution in [0.2, 0.25) is 0 Å². The normalized spacial score (nSPS) is 25.6. The van der Waals surface area contributed by atoms with E-state index in [1.165, 1.54) is 12.1 Å². The highest BCUT2D eigenvalue weighted by Crippen LogP contribution is 2.45. The molecule has 21 heavy (non-hydrogen) atoms. The van der Waals surface area contributed by atoms with Crippen LogP contribution in [0.25, 0.3) is 0 Å². The monoisotopic (exact) mass is 294 g/mol. The van der Waals surface area contributed by atoms with Crippen molar-refractivity contribution in [2.45, 2.75) is 44.9 Å². The van der Waals surface area contributed by atoms with E-state index < -0.39 is 11.9 Å². The third-order valence-electron chi connectivity index (χ3n) is 4.56. The van der Waals surface area contributed by atoms with Gasteiger partial charge in [0.2, 0.25) is 0 Å². The summed E-state index contributed by atoms with van der Waals surface area (Å²) >= 11 is 0. The molecule has 1 aliphatic rings. The van der Waals surface area contributed by atoms with E-state index in [4.69, 9.17) is 4.74 Å². The van der Waals surface area contributed by atoms with Crippen LogP contribution in [0.1, 0.15) is 50.5 Å². The molecule has 3 unspecified atom stereocenters. The first-order valence-corrected chi connectivity index (χ1v) is 7.63. The van der Waals surface area contributed by atoms with Crippen LogP contribution in [-0.4, -0.2) is 18.2 Å². The highest BCUT2D eigenvalue weighted by atomic mass is 19.1. The summed E-state index contributed by atoms with van der Waals surface area (Å²) in [5.41, 5.74) is 0.700. The van der Waals surface area contributed by atoms with Crippen LogP contribution in [0, 0.1) is 17.7 Å². The van der Waals surface area contributed by atoms with Gasteiger partial charge >= 0.3 is 5.97 Å². The molecule has 1 saturated carbocycles. The Bertz CT molecular complexity index is 501. The zero-order chi connectivity index (χ0) is 15.4. The molecular formula is C17H23FO3. The molecule has 3 nitrogen and oxygen atoms in total. The molecule has 0 aromatic heterocycles. The molecule has 4 heteroatoms. The predicted molar refractivity (Wildman–Crippen MR) is 79.1 cm³/mol. The second-order valence-corrected chi connectivity index (χ2v) is 5.91. The summed E-state index contributed by atoms with van der Waals surface area (Å²) in [6.45, 7) is 2.14. The minimum Gasteiger partial charge on any atom is -0.496 e. The number of ether oxygens (including phenoxy) is 1. The van der Waals surface area contributed by atoms with Crippen molar-refractivity contribution in [2.75, 3.05) is 7.11 Å². The second kappa shape index (κ2) is 6.92. The Balaban J connectivity index is 2.35. The highest BCUT2D eigenvalue weighted by molar-refractivity contribution is 5.72. The fourth-order valence-electron chi connectivity index (χ4n) is 3.56. The molecule has 0 aliphatic heterocycles. The van der Waals surface area contributed by atoms with Gasteiger partial charge in [0, 0.05) is 11.5 Å². The van der Waals surface area contributed by atoms with E-state index in [0.717, 1.165) is 25.7 Å². The topological polar surface area (TPSA) is 46.5 Å². The molecule has 0 bridgehead atoms. The molecule has 0 radical (unpaired) electrons. The average molecular weight is 294 g/mol. The molecule has 0 saturated heterocycles. The van der Waals surface area contributed by atoms with Crippen molar-refractivity contribution in [3.05, 3.63) is 29.6 Å². The molecule has 116 valence electrons. The van der Waals surface area contributed by atoms with E-state index >= 15 is 0 Å². The summed E-state index contributed by atoms with van der Waals surface area (Å²) in [5.74, 6) is -0.644. The van der Waals surface area contributed by atoms with Crippen LogP contribution in [0.4, 0.5) is 4.39 Å². The lowest BCUT2D eigenvalue weighted by molar-refractivity contribution is -0.144. The molecule has 2 rings (SSSR count). The quantitative estimate of drug-likeness (QED) is 0.884. The Labute approximate surface area is 125 Å². The number of hydrogen-bond donors (Lipinski definition) is 1. The van der Waals surface area contributed by atoms with Gasteiger partial charge in [0.15, 0.2) is 0 Å². The molecule has 0 heterocycles. The first-order chi connectivity index (χ1) is 10.1. The van der Waals surface area contributed by atoms with Gasteiger partial charge in [-0.1, -0.05) is 19.8 Å². The Morgan fingerprint density at radius 1 is 1.43 bits per heavy atom. The lowest BCUT2D eigenvalue weighted by Crippen LogP contribution is -2.29. The number of rotatable bonds is 5. The molecule has 1 aromatic rings. The zero-order valence-corrected chi connectivity index (χ0v) is 12.6. The van der Waals surface area contributed by atoms with Gasteiger partial charge in [0.05, 0.1) is 13.0 Å². The van der Waals surface area contributed by atoms with Crippen molar-refractivity contribution in [1.29, 1.82) is 0 Å². The number of benzene rings is 1. The number of halogens is 1. The van der Waals surface area contributed by atoms with Crippen molar-refractivity contribution in [3.63, 3.8) is 0 Å². The maximum absolute atomic E-state index is 13.6. The minimum atomic E-state index is -0.790. The highest BCUT2D eigenvalue weighted by Gasteiger charge is 2.37. The number of aliphatic carboxylic acids is 1. The Hall–Kier alpha value is -1.58. The van der Waals surface area contributed by atoms with Gasteiger partial charge in [-0.3, -0.25) is 4.79 Å². The maximum Gasteiger partial charge on any atom is 0.307 e. The standard InChI is InChI=1S/C17H23FO3/c1-3-4-11-5-7-13(17(19)20)14(9-11)15-10-12(18)6-8-16(15)21-2/h6,8,10-11,13-14H,3-5,7,9H2,1-2H3,(H,19,20). The fourth-order valence-corrected chi connectivity index (χ4v) is 3.56. The van der Waals surface area contributed by atoms with Crippen LogP contribution in [0.15, 0.2) is 18.2 Å². The third-order valence-corrected chi connectivity index (χ3v) is 4.56. The summed E-state index contributed by atoms with van der Waals surface area (Å²) < 4.78 is 18.9. The molecule has 1 aromatic carbocycles. The number of carbonyl (C=O) groups is 1. The third kappa shape index (κ3) is 3.55. The fraction of sp³-hybridized carbons (Fsp3) is 0.588. The van der Waals surface area contributed by atoms with Crippen LogP contribution < -0.4 is 4.74 Å². The Kier molecular flexibility index (Phi) is 5.21. The van der Waals surface area contributed by atoms with Crippen molar-refractivity contribution >= 4 is 5.97 Å². The lowest BCUT2D eigenvalue weighted by Gasteiger charge is -2.35. The van der Waals surface area contributed by atoms with Gasteiger partial charge in [0.25, 0.3) is 0 Å². The van der Waals surface area contributed by atoms with Gasteiger partial charge in [-0.15, -0.1) is 0 Å². The minimum absolute atomic E-state index is 0.168. The molecular weight excluding hydrogens is 271 g/mol. The van der Waals surface area contributed by atoms with E-state index in [0.29, 0.717) is 23.7 Å². The number of carboxylic acid groups (broad SMARTS) is 1. The van der Waals surface area contributed by atoms with Crippen LogP contribution in [-0.2, 0) is 4.79 Å². The van der Waals surface area contributed by atoms with E-state index in [2.05, 4.69) is 6.92 Å². The average Bonchev–Trinajstić information content (AvgIpc) is 2.47. The van der Waals surface area contributed by atoms with Gasteiger partial charge in [-0.05, 0) is 43.4 Å². The SMILES string of the molecule is CCCC1CCC(C(=O)O)C(c2cc(F)ccc2OC)C1. The maximum atomic E-state index is 13.6. The summed E-state index contributed by atoms with van der Waals surface area (Å²) in [6.07, 6.45) is 4.59. The summed E-state index contributed by atoms with van der Waals surface area (Å²) in [4.78, 5) is 11.6. The second-order valence-electron chi connectivity index (χ2n) is 5.91. The Morgan fingerprint density at radius 3 is 2.81 bits per heavy atom. The van der Waals surface area contributed by atoms with Crippen molar-refractivity contribution < 1.29 is 19.0 Å². The van der Waals surface area contributed by atoms with Gasteiger partial charge < -0.3 is 9.84 Å². The molecule has 3 atom stereocenters. The smallest absolute Gasteiger partial charge is 0.307 e. The number of methoxy groups -OCH3 is 1. The van der Waals surface area contributed by atoms with Crippen LogP contribution in [0.5, 0.6) is 5.75 Å². The largest absolute Gasteiger partial charge is 0.496 e. The predicted octanol–water partition coefficient (Wildman–Crippen LogP) is 4.22. The van der Waals surface area contributed by atoms with Gasteiger partial charge in [-0.25, -0.2) is 4.39 Å². The van der Waals surface area contributed by atoms with E-state index in [1.54, 1.807) is 13.2 Å². The van der Waals surface area contributed by atoms with Crippen LogP contribution >= 0.6 is 0 Å². The van der Waals surface area contributed by atoms with Crippen molar-refractivity contribution in [1.82, 2.24) is 0 Å². The number of carboxylic acids is 1. The molecule has 1 N–H and O–H groups in total. The summed E-state index contributed by atoms with van der Waals surface area (Å²) in [6, 6.07) is 4.38. The lowest BCUT2D eigenvalue weighted by atomic mass is 9.70. The molecule has 0 amide bonds. The van der Waals surface area contributed by atoms with Crippen molar-refractivity contribution in [3.8, 4) is 5.75 Å². The van der Waals surface area contributed by atoms with Gasteiger partial charge in [0.1, 0.15) is 11.6 Å². The Morgan fingerprint density at radius 2 is 2.19 bits per heavy atom. The van der Waals surface area contributed by atoms with E-state index in [9.17, 15) is 14.3 Å². The zero-order valence-electron chi connectivity index (χ0n) is 12.6. The molecule has 0 spiro atoms. The molecule has 1 aliphatic carbocycles. The van der Waals surface area contributed by atoms with E-state index in [1.807, 2.05) is 0 Å². The van der Waals surface area contributed by atoms with E-state index in [-0.39, 0.29) is 11.7 Å². The summed E-state index contributed by atoms with van der Waals surface area (Å²) in [5, 5.41) is 9.48. The summed E-state index contributed by atoms with van der Waals surface area (Å²) in [7, 11) is 1.54. The first-order valence-electron chi connectivity index (χ1n) is 7.63. The van der Waals surface area contributed by atoms with Gasteiger partial charge in [-0.2, -0.15) is 0 Å². The first kappa shape index (κ1) is 15.8. The molecule has 1 fully saturated rings. The number of hydrogen-bond acceptors (Lipinski definition) is 2.